The zero-order valence-corrected chi connectivity index (χ0v) is 19.6. The summed E-state index contributed by atoms with van der Waals surface area (Å²) in [5.74, 6) is 0. The van der Waals surface area contributed by atoms with Crippen LogP contribution in [0.5, 0.6) is 0 Å². The topological polar surface area (TPSA) is 78.0 Å². The van der Waals surface area contributed by atoms with Crippen LogP contribution in [0.1, 0.15) is 11.3 Å². The van der Waals surface area contributed by atoms with Crippen molar-refractivity contribution in [3.8, 4) is 22.4 Å². The molecule has 4 aromatic rings. The monoisotopic (exact) mass is 525 g/mol. The number of hydrogen-bond donors (Lipinski definition) is 1. The average Bonchev–Trinajstić information content (AvgIpc) is 3.13. The van der Waals surface area contributed by atoms with Crippen LogP contribution in [0.3, 0.4) is 0 Å². The first kappa shape index (κ1) is 24.3. The van der Waals surface area contributed by atoms with Crippen LogP contribution < -0.4 is 5.14 Å². The Bertz CT molecular complexity index is 1450. The first-order valence-corrected chi connectivity index (χ1v) is 12.1. The van der Waals surface area contributed by atoms with Gasteiger partial charge in [0.2, 0.25) is 10.0 Å². The number of hydrogen-bond acceptors (Lipinski definition) is 3. The summed E-state index contributed by atoms with van der Waals surface area (Å²) in [4.78, 5) is -0.179. The summed E-state index contributed by atoms with van der Waals surface area (Å²) in [6.07, 6.45) is -4.78. The number of sulfonamides is 1. The van der Waals surface area contributed by atoms with Gasteiger partial charge in [0.1, 0.15) is 5.69 Å². The predicted octanol–water partition coefficient (Wildman–Crippen LogP) is 6.24. The van der Waals surface area contributed by atoms with Gasteiger partial charge in [-0.3, -0.25) is 4.68 Å². The van der Waals surface area contributed by atoms with E-state index in [4.69, 9.17) is 28.3 Å². The van der Waals surface area contributed by atoms with Crippen LogP contribution in [-0.4, -0.2) is 18.2 Å². The Morgan fingerprint density at radius 2 is 1.59 bits per heavy atom. The maximum Gasteiger partial charge on any atom is 0.433 e. The fourth-order valence-corrected chi connectivity index (χ4v) is 4.59. The van der Waals surface area contributed by atoms with Crippen LogP contribution in [-0.2, 0) is 22.7 Å². The van der Waals surface area contributed by atoms with E-state index in [1.165, 1.54) is 42.5 Å². The Morgan fingerprint density at radius 3 is 2.15 bits per heavy atom. The number of primary sulfonamides is 1. The number of nitrogens with zero attached hydrogens (tertiary/aromatic N) is 2. The van der Waals surface area contributed by atoms with Gasteiger partial charge in [0.05, 0.1) is 16.5 Å². The highest BCUT2D eigenvalue weighted by Crippen LogP contribution is 2.45. The summed E-state index contributed by atoms with van der Waals surface area (Å²) < 4.78 is 67.4. The van der Waals surface area contributed by atoms with Gasteiger partial charge in [-0.2, -0.15) is 18.3 Å². The van der Waals surface area contributed by atoms with E-state index in [9.17, 15) is 21.6 Å². The van der Waals surface area contributed by atoms with E-state index < -0.39 is 21.9 Å². The van der Waals surface area contributed by atoms with E-state index in [1.807, 2.05) is 0 Å². The number of rotatable bonds is 5. The molecule has 2 N–H and O–H groups in total. The van der Waals surface area contributed by atoms with Crippen LogP contribution in [0, 0.1) is 0 Å². The molecule has 0 amide bonds. The SMILES string of the molecule is NS(=O)(=O)c1ccc(-c2nn(Cc3ccccc3)c(C(F)(F)F)c2-c2ccc(Cl)cc2Cl)cc1. The molecule has 0 atom stereocenters. The quantitative estimate of drug-likeness (QED) is 0.335. The van der Waals surface area contributed by atoms with Crippen LogP contribution in [0.25, 0.3) is 22.4 Å². The van der Waals surface area contributed by atoms with Gasteiger partial charge in [0.25, 0.3) is 0 Å². The van der Waals surface area contributed by atoms with Crippen molar-refractivity contribution in [2.75, 3.05) is 0 Å². The third-order valence-electron chi connectivity index (χ3n) is 5.05. The van der Waals surface area contributed by atoms with Crippen molar-refractivity contribution in [3.05, 3.63) is 94.1 Å². The maximum atomic E-state index is 14.4. The number of nitrogens with two attached hydrogens (primary N) is 1. The van der Waals surface area contributed by atoms with E-state index in [-0.39, 0.29) is 43.9 Å². The normalized spacial score (nSPS) is 12.2. The van der Waals surface area contributed by atoms with Crippen molar-refractivity contribution in [1.82, 2.24) is 9.78 Å². The summed E-state index contributed by atoms with van der Waals surface area (Å²) in [7, 11) is -3.98. The highest BCUT2D eigenvalue weighted by atomic mass is 35.5. The molecule has 0 aliphatic rings. The van der Waals surface area contributed by atoms with Crippen molar-refractivity contribution in [2.24, 2.45) is 5.14 Å². The second kappa shape index (κ2) is 9.07. The third kappa shape index (κ3) is 4.97. The lowest BCUT2D eigenvalue weighted by molar-refractivity contribution is -0.143. The molecule has 4 rings (SSSR count). The minimum atomic E-state index is -4.78. The van der Waals surface area contributed by atoms with Crippen LogP contribution in [0.2, 0.25) is 10.0 Å². The lowest BCUT2D eigenvalue weighted by Crippen LogP contribution is -2.16. The van der Waals surface area contributed by atoms with Gasteiger partial charge >= 0.3 is 6.18 Å². The largest absolute Gasteiger partial charge is 0.433 e. The molecule has 1 aromatic heterocycles. The Kier molecular flexibility index (Phi) is 6.48. The Hall–Kier alpha value is -2.85. The molecule has 34 heavy (non-hydrogen) atoms. The zero-order chi connectivity index (χ0) is 24.7. The number of benzene rings is 3. The molecule has 176 valence electrons. The van der Waals surface area contributed by atoms with Gasteiger partial charge in [0.15, 0.2) is 5.69 Å². The number of aromatic nitrogens is 2. The Morgan fingerprint density at radius 1 is 0.941 bits per heavy atom. The summed E-state index contributed by atoms with van der Waals surface area (Å²) in [5.41, 5.74) is -0.303. The molecule has 0 radical (unpaired) electrons. The molecule has 0 spiro atoms. The van der Waals surface area contributed by atoms with Crippen molar-refractivity contribution < 1.29 is 21.6 Å². The molecule has 0 unspecified atom stereocenters. The molecule has 0 aliphatic heterocycles. The highest BCUT2D eigenvalue weighted by molar-refractivity contribution is 7.89. The fraction of sp³-hybridized carbons (Fsp3) is 0.0870. The smallest absolute Gasteiger partial charge is 0.255 e. The van der Waals surface area contributed by atoms with Gasteiger partial charge in [-0.25, -0.2) is 13.6 Å². The minimum Gasteiger partial charge on any atom is -0.255 e. The molecule has 0 bridgehead atoms. The van der Waals surface area contributed by atoms with Crippen molar-refractivity contribution >= 4 is 33.2 Å². The van der Waals surface area contributed by atoms with E-state index >= 15 is 0 Å². The van der Waals surface area contributed by atoms with E-state index in [2.05, 4.69) is 5.10 Å². The number of halogens is 5. The lowest BCUT2D eigenvalue weighted by atomic mass is 9.98. The third-order valence-corrected chi connectivity index (χ3v) is 6.53. The predicted molar refractivity (Wildman–Crippen MR) is 125 cm³/mol. The van der Waals surface area contributed by atoms with Gasteiger partial charge in [0, 0.05) is 21.7 Å². The molecule has 0 saturated carbocycles. The molecule has 5 nitrogen and oxygen atoms in total. The Labute approximate surface area is 203 Å². The summed E-state index contributed by atoms with van der Waals surface area (Å²) in [6, 6.07) is 17.9. The van der Waals surface area contributed by atoms with Crippen molar-refractivity contribution in [3.63, 3.8) is 0 Å². The molecule has 0 aliphatic carbocycles. The molecule has 1 heterocycles. The fourth-order valence-electron chi connectivity index (χ4n) is 3.57. The molecular formula is C23H16Cl2F3N3O2S. The van der Waals surface area contributed by atoms with Crippen LogP contribution >= 0.6 is 23.2 Å². The second-order valence-corrected chi connectivity index (χ2v) is 9.81. The molecule has 0 saturated heterocycles. The summed E-state index contributed by atoms with van der Waals surface area (Å²) in [5, 5.41) is 9.72. The molecule has 0 fully saturated rings. The first-order valence-electron chi connectivity index (χ1n) is 9.76. The molecule has 11 heteroatoms. The lowest BCUT2D eigenvalue weighted by Gasteiger charge is -2.14. The van der Waals surface area contributed by atoms with Gasteiger partial charge in [-0.1, -0.05) is 71.7 Å². The number of alkyl halides is 3. The van der Waals surface area contributed by atoms with Gasteiger partial charge in [-0.05, 0) is 29.8 Å². The maximum absolute atomic E-state index is 14.4. The first-order chi connectivity index (χ1) is 15.9. The van der Waals surface area contributed by atoms with E-state index in [0.29, 0.717) is 5.56 Å². The van der Waals surface area contributed by atoms with E-state index in [1.54, 1.807) is 30.3 Å². The summed E-state index contributed by atoms with van der Waals surface area (Å²) in [6.45, 7) is -0.150. The zero-order valence-electron chi connectivity index (χ0n) is 17.2. The van der Waals surface area contributed by atoms with Crippen LogP contribution in [0.15, 0.2) is 77.7 Å². The van der Waals surface area contributed by atoms with Crippen LogP contribution in [0.4, 0.5) is 13.2 Å². The Balaban J connectivity index is 2.01. The average molecular weight is 526 g/mol. The van der Waals surface area contributed by atoms with Crippen molar-refractivity contribution in [2.45, 2.75) is 17.6 Å². The second-order valence-electron chi connectivity index (χ2n) is 7.41. The molecule has 3 aromatic carbocycles. The highest BCUT2D eigenvalue weighted by Gasteiger charge is 2.41. The van der Waals surface area contributed by atoms with Crippen molar-refractivity contribution in [1.29, 1.82) is 0 Å². The summed E-state index contributed by atoms with van der Waals surface area (Å²) >= 11 is 12.3. The van der Waals surface area contributed by atoms with Gasteiger partial charge < -0.3 is 0 Å². The van der Waals surface area contributed by atoms with Gasteiger partial charge in [-0.15, -0.1) is 0 Å². The molecular weight excluding hydrogens is 510 g/mol. The minimum absolute atomic E-state index is 0.0136. The standard InChI is InChI=1S/C23H16Cl2F3N3O2S/c24-16-8-11-18(19(25)12-16)20-21(15-6-9-17(10-7-15)34(29,32)33)30-31(22(20)23(26,27)28)13-14-4-2-1-3-5-14/h1-12H,13H2,(H2,29,32,33). The van der Waals surface area contributed by atoms with E-state index in [0.717, 1.165) is 4.68 Å².